The summed E-state index contributed by atoms with van der Waals surface area (Å²) < 4.78 is 51.5. The Bertz CT molecular complexity index is 3540. The summed E-state index contributed by atoms with van der Waals surface area (Å²) in [6.07, 6.45) is 6.99. The summed E-state index contributed by atoms with van der Waals surface area (Å²) in [4.78, 5) is 71.5. The first kappa shape index (κ1) is 52.3. The molecule has 3 N–H and O–H groups in total. The number of benzene rings is 2. The van der Waals surface area contributed by atoms with Crippen LogP contribution >= 0.6 is 22.7 Å². The van der Waals surface area contributed by atoms with Gasteiger partial charge in [-0.1, -0.05) is 24.3 Å². The third-order valence-electron chi connectivity index (χ3n) is 14.6. The van der Waals surface area contributed by atoms with Crippen LogP contribution in [-0.2, 0) is 14.2 Å². The Labute approximate surface area is 439 Å². The number of amides is 1. The van der Waals surface area contributed by atoms with Crippen LogP contribution in [0, 0.1) is 11.6 Å². The van der Waals surface area contributed by atoms with Crippen LogP contribution in [-0.4, -0.2) is 152 Å². The largest absolute Gasteiger partial charge is 0.462 e. The van der Waals surface area contributed by atoms with E-state index in [2.05, 4.69) is 39.2 Å². The minimum absolute atomic E-state index is 0.0452. The van der Waals surface area contributed by atoms with Gasteiger partial charge in [-0.05, 0) is 116 Å². The number of para-hydroxylation sites is 2. The Hall–Kier alpha value is -6.20. The summed E-state index contributed by atoms with van der Waals surface area (Å²) in [5.41, 5.74) is 6.63. The van der Waals surface area contributed by atoms with Crippen molar-refractivity contribution in [3.05, 3.63) is 104 Å². The molecule has 0 radical (unpaired) electrons. The van der Waals surface area contributed by atoms with Gasteiger partial charge < -0.3 is 44.9 Å². The highest BCUT2D eigenvalue weighted by Crippen LogP contribution is 2.34. The van der Waals surface area contributed by atoms with Crippen molar-refractivity contribution in [3.8, 4) is 0 Å². The fourth-order valence-electron chi connectivity index (χ4n) is 10.7. The summed E-state index contributed by atoms with van der Waals surface area (Å²) in [6, 6.07) is 18.9. The number of rotatable bonds is 10. The number of anilines is 2. The highest BCUT2D eigenvalue weighted by molar-refractivity contribution is 7.24. The molecule has 1 amide bonds. The molecule has 75 heavy (non-hydrogen) atoms. The van der Waals surface area contributed by atoms with E-state index < -0.39 is 34.4 Å². The molecule has 396 valence electrons. The molecule has 8 aromatic rings. The first-order chi connectivity index (χ1) is 36.5. The van der Waals surface area contributed by atoms with E-state index >= 15 is 4.39 Å². The molecule has 0 bridgehead atoms. The average Bonchev–Trinajstić information content (AvgIpc) is 4.23. The molecule has 17 nitrogen and oxygen atoms in total. The second-order valence-corrected chi connectivity index (χ2v) is 21.3. The molecule has 12 rings (SSSR count). The summed E-state index contributed by atoms with van der Waals surface area (Å²) in [5, 5.41) is 3.11. The zero-order valence-electron chi connectivity index (χ0n) is 42.4. The summed E-state index contributed by atoms with van der Waals surface area (Å²) in [7, 11) is 4.29. The first-order valence-corrected chi connectivity index (χ1v) is 27.4. The molecule has 21 heteroatoms. The maximum absolute atomic E-state index is 15.3. The van der Waals surface area contributed by atoms with Crippen molar-refractivity contribution >= 4 is 98.3 Å². The number of thiazole rings is 2. The van der Waals surface area contributed by atoms with Gasteiger partial charge in [0, 0.05) is 44.8 Å². The van der Waals surface area contributed by atoms with Gasteiger partial charge >= 0.3 is 5.97 Å². The van der Waals surface area contributed by atoms with Gasteiger partial charge in [-0.15, -0.1) is 22.7 Å². The molecular weight excluding hydrogens is 1000 g/mol. The lowest BCUT2D eigenvalue weighted by Crippen LogP contribution is -2.37. The molecule has 2 unspecified atom stereocenters. The molecular formula is C54H62F2N10O7S2. The molecule has 0 spiro atoms. The number of halogens is 2. The number of likely N-dealkylation sites (tertiary alicyclic amines) is 2. The van der Waals surface area contributed by atoms with Gasteiger partial charge in [0.25, 0.3) is 5.91 Å². The van der Waals surface area contributed by atoms with Gasteiger partial charge in [0.2, 0.25) is 10.9 Å². The molecule has 6 aromatic heterocycles. The van der Waals surface area contributed by atoms with E-state index in [0.717, 1.165) is 58.8 Å². The molecule has 4 aliphatic heterocycles. The Balaban J connectivity index is 0.000000148. The van der Waals surface area contributed by atoms with E-state index in [9.17, 15) is 23.6 Å². The summed E-state index contributed by atoms with van der Waals surface area (Å²) in [5.74, 6) is -1.94. The van der Waals surface area contributed by atoms with Crippen molar-refractivity contribution in [2.45, 2.75) is 57.5 Å². The number of nitrogens with two attached hydrogens (primary N) is 1. The quantitative estimate of drug-likeness (QED) is 0.135. The maximum atomic E-state index is 15.3. The zero-order valence-corrected chi connectivity index (χ0v) is 44.1. The number of carbonyl (C=O) groups is 2. The molecule has 10 heterocycles. The van der Waals surface area contributed by atoms with Crippen molar-refractivity contribution in [2.75, 3.05) is 109 Å². The van der Waals surface area contributed by atoms with Crippen molar-refractivity contribution in [3.63, 3.8) is 0 Å². The van der Waals surface area contributed by atoms with Crippen LogP contribution in [0.1, 0.15) is 66.2 Å². The molecule has 0 aliphatic carbocycles. The van der Waals surface area contributed by atoms with E-state index in [-0.39, 0.29) is 40.1 Å². The minimum atomic E-state index is -0.717. The van der Waals surface area contributed by atoms with E-state index in [1.807, 2.05) is 62.7 Å². The maximum Gasteiger partial charge on any atom is 0.345 e. The normalized spacial score (nSPS) is 18.5. The second-order valence-electron chi connectivity index (χ2n) is 19.3. The number of ether oxygens (including phenoxy) is 3. The lowest BCUT2D eigenvalue weighted by molar-refractivity contribution is 0.0527. The van der Waals surface area contributed by atoms with Gasteiger partial charge in [-0.2, -0.15) is 0 Å². The number of pyridine rings is 4. The monoisotopic (exact) mass is 1060 g/mol. The van der Waals surface area contributed by atoms with Crippen LogP contribution in [0.15, 0.2) is 70.3 Å². The van der Waals surface area contributed by atoms with Crippen LogP contribution < -0.4 is 31.7 Å². The molecule has 0 saturated carbocycles. The van der Waals surface area contributed by atoms with Gasteiger partial charge in [0.1, 0.15) is 20.8 Å². The van der Waals surface area contributed by atoms with Gasteiger partial charge in [-0.25, -0.2) is 23.5 Å². The molecule has 2 aromatic carbocycles. The van der Waals surface area contributed by atoms with E-state index in [1.165, 1.54) is 60.6 Å². The summed E-state index contributed by atoms with van der Waals surface area (Å²) >= 11 is 2.69. The smallest absolute Gasteiger partial charge is 0.345 e. The minimum Gasteiger partial charge on any atom is -0.462 e. The number of aromatic nitrogens is 4. The van der Waals surface area contributed by atoms with Crippen LogP contribution in [0.5, 0.6) is 0 Å². The lowest BCUT2D eigenvalue weighted by Gasteiger charge is -2.28. The summed E-state index contributed by atoms with van der Waals surface area (Å²) in [6.45, 7) is 9.49. The highest BCUT2D eigenvalue weighted by Gasteiger charge is 2.29. The Morgan fingerprint density at radius 2 is 1.17 bits per heavy atom. The van der Waals surface area contributed by atoms with Gasteiger partial charge in [0.05, 0.1) is 64.2 Å². The predicted octanol–water partition coefficient (Wildman–Crippen LogP) is 6.90. The third kappa shape index (κ3) is 10.4. The molecule has 4 saturated heterocycles. The Morgan fingerprint density at radius 1 is 0.707 bits per heavy atom. The van der Waals surface area contributed by atoms with Gasteiger partial charge in [0.15, 0.2) is 34.6 Å². The van der Waals surface area contributed by atoms with Crippen molar-refractivity contribution in [2.24, 2.45) is 5.73 Å². The fourth-order valence-corrected chi connectivity index (χ4v) is 13.1. The molecule has 2 atom stereocenters. The second kappa shape index (κ2) is 23.0. The Morgan fingerprint density at radius 3 is 1.64 bits per heavy atom. The van der Waals surface area contributed by atoms with Gasteiger partial charge in [-0.3, -0.25) is 23.2 Å². The Kier molecular flexibility index (Phi) is 16.0. The fraction of sp³-hybridized carbons (Fsp3) is 0.444. The number of hydrogen-bond donors (Lipinski definition) is 2. The van der Waals surface area contributed by atoms with Crippen molar-refractivity contribution < 1.29 is 32.6 Å². The number of fused-ring (bicyclic) bond motifs is 10. The van der Waals surface area contributed by atoms with E-state index in [1.54, 1.807) is 11.3 Å². The number of esters is 1. The van der Waals surface area contributed by atoms with Crippen molar-refractivity contribution in [1.29, 1.82) is 0 Å². The predicted molar refractivity (Wildman–Crippen MR) is 293 cm³/mol. The van der Waals surface area contributed by atoms with E-state index in [4.69, 9.17) is 19.9 Å². The lowest BCUT2D eigenvalue weighted by atomic mass is 10.1. The van der Waals surface area contributed by atoms with E-state index in [0.29, 0.717) is 86.1 Å². The molecule has 4 aliphatic rings. The van der Waals surface area contributed by atoms with Crippen LogP contribution in [0.2, 0.25) is 0 Å². The van der Waals surface area contributed by atoms with Crippen LogP contribution in [0.4, 0.5) is 20.4 Å². The third-order valence-corrected chi connectivity index (χ3v) is 16.9. The number of morpholine rings is 2. The topological polar surface area (TPSA) is 182 Å². The first-order valence-electron chi connectivity index (χ1n) is 25.8. The highest BCUT2D eigenvalue weighted by atomic mass is 32.1. The number of nitrogens with one attached hydrogen (secondary N) is 1. The number of nitrogens with zero attached hydrogens (tertiary/aromatic N) is 8. The van der Waals surface area contributed by atoms with Crippen LogP contribution in [0.25, 0.3) is 52.2 Å². The standard InChI is InChI=1S/C26H28FN5O3S.C21H18FN3O4S.C7H16N2/c1-30-10-4-5-16(30)8-9-28-25(34)21-22(33)17-15-18(27)24(31-11-13-35-14-12-31)29-23(17)32-19-6-2-3-7-20(19)36-26(21)32;1-2-29-21(27)16-17(26)12-11-13(22)19(24-7-9-28-10-8-24)23-18(12)25-14-5-3-4-6-15(14)30-20(16)25;1-9-6-2-3-7(9)4-5-8/h2-3,6-7,15-16H,4-5,8-14H2,1H3,(H,28,34);3-6,11H,2,7-10H2,1H3;7H,2-6,8H2,1H3. The van der Waals surface area contributed by atoms with Crippen LogP contribution in [0.3, 0.4) is 0 Å². The number of hydrogen-bond acceptors (Lipinski definition) is 16. The average molecular weight is 1070 g/mol. The number of carbonyl (C=O) groups excluding carboxylic acids is 2. The zero-order chi connectivity index (χ0) is 52.3. The molecule has 4 fully saturated rings. The SMILES string of the molecule is CCOC(=O)c1c(=O)c2cc(F)c(N3CCOCC3)nc2n2c1sc1ccccc12.CN1CCCC1CCN.CN1CCCC1CCNC(=O)c1c(=O)c2cc(F)c(N3CCOCC3)nc2n2c1sc1ccccc12. The van der Waals surface area contributed by atoms with Crippen molar-refractivity contribution in [1.82, 2.24) is 33.9 Å².